The van der Waals surface area contributed by atoms with E-state index in [1.807, 2.05) is 6.92 Å². The number of piperidine rings is 1. The van der Waals surface area contributed by atoms with E-state index in [1.54, 1.807) is 12.3 Å². The minimum atomic E-state index is -0.166. The van der Waals surface area contributed by atoms with Gasteiger partial charge in [-0.05, 0) is 54.9 Å². The molecule has 6 heteroatoms. The standard InChI is InChI=1S/C14H21BrN4O/c1-10(9-19-5-3-2-4-6-19)18-14(20)12-7-11(15)8-17-13(12)16/h7-8,10H,2-6,9H2,1H3,(H2,16,17)(H,18,20). The molecule has 2 rings (SSSR count). The number of rotatable bonds is 4. The molecular weight excluding hydrogens is 320 g/mol. The molecule has 3 N–H and O–H groups in total. The molecule has 1 atom stereocenters. The van der Waals surface area contributed by atoms with Crippen LogP contribution in [-0.2, 0) is 0 Å². The van der Waals surface area contributed by atoms with E-state index >= 15 is 0 Å². The summed E-state index contributed by atoms with van der Waals surface area (Å²) in [7, 11) is 0. The molecule has 0 aromatic carbocycles. The lowest BCUT2D eigenvalue weighted by atomic mass is 10.1. The van der Waals surface area contributed by atoms with Crippen LogP contribution < -0.4 is 11.1 Å². The maximum absolute atomic E-state index is 12.2. The molecular formula is C14H21BrN4O. The van der Waals surface area contributed by atoms with Crippen LogP contribution in [0.2, 0.25) is 0 Å². The first-order chi connectivity index (χ1) is 9.56. The largest absolute Gasteiger partial charge is 0.383 e. The van der Waals surface area contributed by atoms with Crippen LogP contribution in [0.1, 0.15) is 36.5 Å². The quantitative estimate of drug-likeness (QED) is 0.879. The lowest BCUT2D eigenvalue weighted by Crippen LogP contribution is -2.43. The van der Waals surface area contributed by atoms with E-state index in [-0.39, 0.29) is 17.8 Å². The molecule has 1 aliphatic rings. The number of carbonyl (C=O) groups is 1. The highest BCUT2D eigenvalue weighted by Crippen LogP contribution is 2.15. The fourth-order valence-corrected chi connectivity index (χ4v) is 2.84. The zero-order valence-electron chi connectivity index (χ0n) is 11.7. The van der Waals surface area contributed by atoms with Crippen LogP contribution in [-0.4, -0.2) is 41.5 Å². The Morgan fingerprint density at radius 1 is 1.50 bits per heavy atom. The number of nitrogens with one attached hydrogen (secondary N) is 1. The summed E-state index contributed by atoms with van der Waals surface area (Å²) in [5.74, 6) is 0.0941. The smallest absolute Gasteiger partial charge is 0.255 e. The molecule has 0 bridgehead atoms. The van der Waals surface area contributed by atoms with Crippen molar-refractivity contribution in [1.82, 2.24) is 15.2 Å². The van der Waals surface area contributed by atoms with E-state index in [0.717, 1.165) is 24.1 Å². The summed E-state index contributed by atoms with van der Waals surface area (Å²) in [6.45, 7) is 5.16. The maximum atomic E-state index is 12.2. The van der Waals surface area contributed by atoms with Crippen molar-refractivity contribution in [2.75, 3.05) is 25.4 Å². The Bertz CT molecular complexity index is 474. The molecule has 1 aromatic heterocycles. The van der Waals surface area contributed by atoms with Gasteiger partial charge in [0.05, 0.1) is 5.56 Å². The van der Waals surface area contributed by atoms with Gasteiger partial charge in [0.15, 0.2) is 0 Å². The monoisotopic (exact) mass is 340 g/mol. The first-order valence-corrected chi connectivity index (χ1v) is 7.80. The van der Waals surface area contributed by atoms with Gasteiger partial charge in [-0.3, -0.25) is 4.79 Å². The summed E-state index contributed by atoms with van der Waals surface area (Å²) in [5.41, 5.74) is 6.17. The number of anilines is 1. The van der Waals surface area contributed by atoms with E-state index in [4.69, 9.17) is 5.73 Å². The zero-order chi connectivity index (χ0) is 14.5. The van der Waals surface area contributed by atoms with Gasteiger partial charge in [0.25, 0.3) is 5.91 Å². The van der Waals surface area contributed by atoms with Crippen molar-refractivity contribution in [3.8, 4) is 0 Å². The van der Waals surface area contributed by atoms with Crippen molar-refractivity contribution in [1.29, 1.82) is 0 Å². The van der Waals surface area contributed by atoms with Crippen molar-refractivity contribution in [2.45, 2.75) is 32.2 Å². The number of amides is 1. The second-order valence-corrected chi connectivity index (χ2v) is 6.24. The van der Waals surface area contributed by atoms with E-state index < -0.39 is 0 Å². The number of halogens is 1. The Kier molecular flexibility index (Phi) is 5.37. The zero-order valence-corrected chi connectivity index (χ0v) is 13.3. The molecule has 1 amide bonds. The molecule has 5 nitrogen and oxygen atoms in total. The van der Waals surface area contributed by atoms with Gasteiger partial charge >= 0.3 is 0 Å². The SMILES string of the molecule is CC(CN1CCCCC1)NC(=O)c1cc(Br)cnc1N. The number of pyridine rings is 1. The fraction of sp³-hybridized carbons (Fsp3) is 0.571. The van der Waals surface area contributed by atoms with Crippen molar-refractivity contribution < 1.29 is 4.79 Å². The van der Waals surface area contributed by atoms with Crippen molar-refractivity contribution >= 4 is 27.7 Å². The number of likely N-dealkylation sites (tertiary alicyclic amines) is 1. The molecule has 2 heterocycles. The average molecular weight is 341 g/mol. The highest BCUT2D eigenvalue weighted by Gasteiger charge is 2.17. The normalized spacial score (nSPS) is 17.7. The lowest BCUT2D eigenvalue weighted by molar-refractivity contribution is 0.0926. The summed E-state index contributed by atoms with van der Waals surface area (Å²) >= 11 is 3.30. The molecule has 0 aliphatic carbocycles. The van der Waals surface area contributed by atoms with E-state index in [0.29, 0.717) is 5.56 Å². The Hall–Kier alpha value is -1.14. The van der Waals surface area contributed by atoms with Crippen LogP contribution in [0.25, 0.3) is 0 Å². The summed E-state index contributed by atoms with van der Waals surface area (Å²) in [5, 5.41) is 2.99. The Morgan fingerprint density at radius 3 is 2.90 bits per heavy atom. The van der Waals surface area contributed by atoms with Gasteiger partial charge in [0, 0.05) is 23.3 Å². The third-order valence-electron chi connectivity index (χ3n) is 3.49. The first-order valence-electron chi connectivity index (χ1n) is 7.00. The molecule has 0 radical (unpaired) electrons. The van der Waals surface area contributed by atoms with Gasteiger partial charge in [-0.1, -0.05) is 6.42 Å². The molecule has 110 valence electrons. The third-order valence-corrected chi connectivity index (χ3v) is 3.92. The van der Waals surface area contributed by atoms with Crippen LogP contribution in [0.15, 0.2) is 16.7 Å². The maximum Gasteiger partial charge on any atom is 0.255 e. The molecule has 1 aromatic rings. The number of aromatic nitrogens is 1. The number of carbonyl (C=O) groups excluding carboxylic acids is 1. The average Bonchev–Trinajstić information content (AvgIpc) is 2.42. The van der Waals surface area contributed by atoms with Crippen molar-refractivity contribution in [2.24, 2.45) is 0 Å². The third kappa shape index (κ3) is 4.18. The number of hydrogen-bond donors (Lipinski definition) is 2. The molecule has 1 aliphatic heterocycles. The molecule has 0 spiro atoms. The van der Waals surface area contributed by atoms with Crippen LogP contribution in [0.5, 0.6) is 0 Å². The topological polar surface area (TPSA) is 71.2 Å². The highest BCUT2D eigenvalue weighted by atomic mass is 79.9. The summed E-state index contributed by atoms with van der Waals surface area (Å²) in [6, 6.07) is 1.80. The van der Waals surface area contributed by atoms with Gasteiger partial charge < -0.3 is 16.0 Å². The summed E-state index contributed by atoms with van der Waals surface area (Å²) in [6.07, 6.45) is 5.41. The molecule has 1 saturated heterocycles. The molecule has 0 saturated carbocycles. The summed E-state index contributed by atoms with van der Waals surface area (Å²) < 4.78 is 0.750. The first kappa shape index (κ1) is 15.3. The second kappa shape index (κ2) is 7.04. The lowest BCUT2D eigenvalue weighted by Gasteiger charge is -2.29. The van der Waals surface area contributed by atoms with E-state index in [9.17, 15) is 4.79 Å². The van der Waals surface area contributed by atoms with E-state index in [1.165, 1.54) is 19.3 Å². The Morgan fingerprint density at radius 2 is 2.20 bits per heavy atom. The van der Waals surface area contributed by atoms with Crippen LogP contribution in [0, 0.1) is 0 Å². The Labute approximate surface area is 128 Å². The van der Waals surface area contributed by atoms with Gasteiger partial charge in [0.1, 0.15) is 5.82 Å². The Balaban J connectivity index is 1.91. The van der Waals surface area contributed by atoms with Crippen molar-refractivity contribution in [3.05, 3.63) is 22.3 Å². The number of hydrogen-bond acceptors (Lipinski definition) is 4. The van der Waals surface area contributed by atoms with Crippen LogP contribution in [0.3, 0.4) is 0 Å². The van der Waals surface area contributed by atoms with Crippen molar-refractivity contribution in [3.63, 3.8) is 0 Å². The highest BCUT2D eigenvalue weighted by molar-refractivity contribution is 9.10. The van der Waals surface area contributed by atoms with E-state index in [2.05, 4.69) is 31.1 Å². The minimum absolute atomic E-state index is 0.0963. The van der Waals surface area contributed by atoms with Gasteiger partial charge in [-0.25, -0.2) is 4.98 Å². The molecule has 1 unspecified atom stereocenters. The van der Waals surface area contributed by atoms with Gasteiger partial charge in [0.2, 0.25) is 0 Å². The van der Waals surface area contributed by atoms with Crippen LogP contribution >= 0.6 is 15.9 Å². The number of nitrogen functional groups attached to an aromatic ring is 1. The fourth-order valence-electron chi connectivity index (χ4n) is 2.51. The number of nitrogens with two attached hydrogens (primary N) is 1. The predicted molar refractivity (Wildman–Crippen MR) is 83.6 cm³/mol. The second-order valence-electron chi connectivity index (χ2n) is 5.32. The molecule has 1 fully saturated rings. The van der Waals surface area contributed by atoms with Gasteiger partial charge in [-0.15, -0.1) is 0 Å². The molecule has 20 heavy (non-hydrogen) atoms. The van der Waals surface area contributed by atoms with Gasteiger partial charge in [-0.2, -0.15) is 0 Å². The summed E-state index contributed by atoms with van der Waals surface area (Å²) in [4.78, 5) is 18.6. The number of nitrogens with zero attached hydrogens (tertiary/aromatic N) is 2. The minimum Gasteiger partial charge on any atom is -0.383 e. The predicted octanol–water partition coefficient (Wildman–Crippen LogP) is 2.03. The van der Waals surface area contributed by atoms with Crippen LogP contribution in [0.4, 0.5) is 5.82 Å².